The molecule has 1 amide bonds. The molecular weight excluding hydrogens is 486 g/mol. The molecule has 3 aromatic heterocycles. The summed E-state index contributed by atoms with van der Waals surface area (Å²) in [6, 6.07) is 10.2. The largest absolute Gasteiger partial charge is 0.462 e. The first-order chi connectivity index (χ1) is 17.4. The fourth-order valence-corrected chi connectivity index (χ4v) is 5.88. The summed E-state index contributed by atoms with van der Waals surface area (Å²) < 4.78 is 34.0. The van der Waals surface area contributed by atoms with Crippen LogP contribution in [0.1, 0.15) is 63.5 Å². The molecule has 186 valence electrons. The van der Waals surface area contributed by atoms with E-state index in [0.29, 0.717) is 27.7 Å². The molecule has 0 spiro atoms. The number of anilines is 1. The van der Waals surface area contributed by atoms with Gasteiger partial charge in [0.05, 0.1) is 24.1 Å². The lowest BCUT2D eigenvalue weighted by molar-refractivity contribution is 0.0526. The second-order valence-electron chi connectivity index (χ2n) is 8.76. The van der Waals surface area contributed by atoms with E-state index in [1.807, 2.05) is 6.07 Å². The molecule has 0 saturated carbocycles. The van der Waals surface area contributed by atoms with Crippen molar-refractivity contribution in [2.45, 2.75) is 39.5 Å². The van der Waals surface area contributed by atoms with E-state index in [0.717, 1.165) is 34.2 Å². The van der Waals surface area contributed by atoms with Crippen molar-refractivity contribution < 1.29 is 23.1 Å². The zero-order chi connectivity index (χ0) is 25.4. The van der Waals surface area contributed by atoms with Crippen molar-refractivity contribution in [1.82, 2.24) is 14.6 Å². The molecule has 1 aromatic carbocycles. The molecule has 0 bridgehead atoms. The van der Waals surface area contributed by atoms with E-state index >= 15 is 0 Å². The Labute approximate surface area is 210 Å². The van der Waals surface area contributed by atoms with Crippen LogP contribution in [0.15, 0.2) is 42.6 Å². The number of halogens is 2. The lowest BCUT2D eigenvalue weighted by Gasteiger charge is -2.18. The van der Waals surface area contributed by atoms with Gasteiger partial charge in [-0.2, -0.15) is 5.10 Å². The number of nitrogens with one attached hydrogen (secondary N) is 1. The zero-order valence-electron chi connectivity index (χ0n) is 19.8. The van der Waals surface area contributed by atoms with E-state index in [1.54, 1.807) is 31.2 Å². The maximum atomic E-state index is 13.9. The van der Waals surface area contributed by atoms with Gasteiger partial charge >= 0.3 is 5.97 Å². The number of nitrogens with zero attached hydrogens (tertiary/aromatic N) is 3. The number of hydrogen-bond donors (Lipinski definition) is 1. The maximum Gasteiger partial charge on any atom is 0.341 e. The van der Waals surface area contributed by atoms with Crippen LogP contribution in [0.4, 0.5) is 13.8 Å². The Hall–Kier alpha value is -3.66. The van der Waals surface area contributed by atoms with E-state index in [-0.39, 0.29) is 23.5 Å². The van der Waals surface area contributed by atoms with Gasteiger partial charge in [0.15, 0.2) is 5.65 Å². The standard InChI is InChI=1S/C26H24F2N4O3S/c1-3-35-26(34)21-16-10-9-14(2)11-20(16)36-25(21)31-24(33)17-13-29-32-19(22(27)28)12-18(30-23(17)32)15-7-5-4-6-8-15/h4-8,12-14,22H,3,9-11H2,1-2H3,(H,31,33)/t14-/m1/s1. The number of ether oxygens (including phenoxy) is 1. The highest BCUT2D eigenvalue weighted by Gasteiger charge is 2.30. The summed E-state index contributed by atoms with van der Waals surface area (Å²) in [6.07, 6.45) is 0.889. The van der Waals surface area contributed by atoms with Gasteiger partial charge in [-0.1, -0.05) is 37.3 Å². The van der Waals surface area contributed by atoms with Crippen LogP contribution >= 0.6 is 11.3 Å². The number of carbonyl (C=O) groups excluding carboxylic acids is 2. The minimum atomic E-state index is -2.82. The summed E-state index contributed by atoms with van der Waals surface area (Å²) in [5.74, 6) is -0.591. The van der Waals surface area contributed by atoms with Crippen LogP contribution in [0, 0.1) is 5.92 Å². The van der Waals surface area contributed by atoms with E-state index < -0.39 is 18.3 Å². The van der Waals surface area contributed by atoms with E-state index in [4.69, 9.17) is 4.74 Å². The molecule has 0 aliphatic heterocycles. The van der Waals surface area contributed by atoms with Crippen LogP contribution in [-0.4, -0.2) is 33.1 Å². The second-order valence-corrected chi connectivity index (χ2v) is 9.86. The fraction of sp³-hybridized carbons (Fsp3) is 0.308. The van der Waals surface area contributed by atoms with E-state index in [9.17, 15) is 18.4 Å². The van der Waals surface area contributed by atoms with Gasteiger partial charge in [-0.3, -0.25) is 4.79 Å². The van der Waals surface area contributed by atoms with Gasteiger partial charge in [0.1, 0.15) is 16.3 Å². The van der Waals surface area contributed by atoms with Gasteiger partial charge in [0.2, 0.25) is 0 Å². The average molecular weight is 511 g/mol. The summed E-state index contributed by atoms with van der Waals surface area (Å²) in [6.45, 7) is 4.09. The molecule has 0 fully saturated rings. The van der Waals surface area contributed by atoms with Crippen molar-refractivity contribution in [3.05, 3.63) is 69.9 Å². The minimum Gasteiger partial charge on any atom is -0.462 e. The summed E-state index contributed by atoms with van der Waals surface area (Å²) in [5.41, 5.74) is 1.91. The molecule has 0 saturated heterocycles. The second kappa shape index (κ2) is 9.77. The summed E-state index contributed by atoms with van der Waals surface area (Å²) in [4.78, 5) is 31.7. The third-order valence-corrected chi connectivity index (χ3v) is 7.43. The average Bonchev–Trinajstić information content (AvgIpc) is 3.44. The van der Waals surface area contributed by atoms with Crippen molar-refractivity contribution in [2.75, 3.05) is 11.9 Å². The third-order valence-electron chi connectivity index (χ3n) is 6.26. The predicted octanol–water partition coefficient (Wildman–Crippen LogP) is 5.95. The normalized spacial score (nSPS) is 15.2. The smallest absolute Gasteiger partial charge is 0.341 e. The number of carbonyl (C=O) groups is 2. The quantitative estimate of drug-likeness (QED) is 0.324. The van der Waals surface area contributed by atoms with Crippen LogP contribution in [0.25, 0.3) is 16.9 Å². The van der Waals surface area contributed by atoms with Crippen LogP contribution in [0.5, 0.6) is 0 Å². The van der Waals surface area contributed by atoms with Crippen LogP contribution in [0.2, 0.25) is 0 Å². The molecule has 3 heterocycles. The van der Waals surface area contributed by atoms with Crippen LogP contribution < -0.4 is 5.32 Å². The van der Waals surface area contributed by atoms with Gasteiger partial charge in [0, 0.05) is 10.4 Å². The molecule has 1 N–H and O–H groups in total. The van der Waals surface area contributed by atoms with E-state index in [2.05, 4.69) is 22.3 Å². The number of amides is 1. The molecule has 1 atom stereocenters. The maximum absolute atomic E-state index is 13.9. The summed E-state index contributed by atoms with van der Waals surface area (Å²) in [7, 11) is 0. The molecule has 36 heavy (non-hydrogen) atoms. The zero-order valence-corrected chi connectivity index (χ0v) is 20.6. The molecule has 5 rings (SSSR count). The SMILES string of the molecule is CCOC(=O)c1c(NC(=O)c2cnn3c(C(F)F)cc(-c4ccccc4)nc23)sc2c1CC[C@@H](C)C2. The first kappa shape index (κ1) is 24.1. The fourth-order valence-electron chi connectivity index (χ4n) is 4.49. The first-order valence-electron chi connectivity index (χ1n) is 11.7. The van der Waals surface area contributed by atoms with Gasteiger partial charge in [-0.15, -0.1) is 11.3 Å². The highest BCUT2D eigenvalue weighted by molar-refractivity contribution is 7.17. The van der Waals surface area contributed by atoms with Crippen LogP contribution in [0.3, 0.4) is 0 Å². The Morgan fingerprint density at radius 3 is 2.78 bits per heavy atom. The molecule has 0 radical (unpaired) electrons. The topological polar surface area (TPSA) is 85.6 Å². The number of hydrogen-bond acceptors (Lipinski definition) is 6. The predicted molar refractivity (Wildman–Crippen MR) is 133 cm³/mol. The Kier molecular flexibility index (Phi) is 6.53. The van der Waals surface area contributed by atoms with Gasteiger partial charge in [-0.25, -0.2) is 23.1 Å². The van der Waals surface area contributed by atoms with Gasteiger partial charge < -0.3 is 10.1 Å². The van der Waals surface area contributed by atoms with Crippen molar-refractivity contribution >= 4 is 33.9 Å². The van der Waals surface area contributed by atoms with Gasteiger partial charge in [0.25, 0.3) is 12.3 Å². The third kappa shape index (κ3) is 4.37. The lowest BCUT2D eigenvalue weighted by atomic mass is 9.88. The highest BCUT2D eigenvalue weighted by Crippen LogP contribution is 2.40. The molecule has 4 aromatic rings. The number of benzene rings is 1. The highest BCUT2D eigenvalue weighted by atomic mass is 32.1. The molecule has 10 heteroatoms. The van der Waals surface area contributed by atoms with E-state index in [1.165, 1.54) is 23.6 Å². The number of fused-ring (bicyclic) bond motifs is 2. The number of rotatable bonds is 6. The Bertz CT molecular complexity index is 1450. The lowest BCUT2D eigenvalue weighted by Crippen LogP contribution is -2.17. The van der Waals surface area contributed by atoms with Crippen molar-refractivity contribution in [3.63, 3.8) is 0 Å². The molecule has 1 aliphatic rings. The molecule has 0 unspecified atom stereocenters. The number of thiophene rings is 1. The van der Waals surface area contributed by atoms with Crippen molar-refractivity contribution in [2.24, 2.45) is 5.92 Å². The van der Waals surface area contributed by atoms with Crippen molar-refractivity contribution in [3.8, 4) is 11.3 Å². The number of alkyl halides is 2. The first-order valence-corrected chi connectivity index (χ1v) is 12.5. The van der Waals surface area contributed by atoms with Crippen LogP contribution in [-0.2, 0) is 17.6 Å². The molecule has 1 aliphatic carbocycles. The Balaban J connectivity index is 1.57. The summed E-state index contributed by atoms with van der Waals surface area (Å²) in [5, 5.41) is 7.24. The monoisotopic (exact) mass is 510 g/mol. The summed E-state index contributed by atoms with van der Waals surface area (Å²) >= 11 is 1.36. The minimum absolute atomic E-state index is 0.0109. The van der Waals surface area contributed by atoms with Crippen molar-refractivity contribution in [1.29, 1.82) is 0 Å². The number of aromatic nitrogens is 3. The Morgan fingerprint density at radius 2 is 2.06 bits per heavy atom. The molecule has 7 nitrogen and oxygen atoms in total. The number of esters is 1. The molecular formula is C26H24F2N4O3S. The van der Waals surface area contributed by atoms with Gasteiger partial charge in [-0.05, 0) is 43.7 Å². The Morgan fingerprint density at radius 1 is 1.28 bits per heavy atom.